The normalized spacial score (nSPS) is 25.5. The van der Waals surface area contributed by atoms with Gasteiger partial charge < -0.3 is 9.64 Å². The number of rotatable bonds is 4. The van der Waals surface area contributed by atoms with E-state index in [1.54, 1.807) is 0 Å². The molecule has 1 aliphatic carbocycles. The van der Waals surface area contributed by atoms with Crippen molar-refractivity contribution >= 4 is 23.4 Å². The highest BCUT2D eigenvalue weighted by molar-refractivity contribution is 7.80. The van der Waals surface area contributed by atoms with Crippen molar-refractivity contribution in [3.63, 3.8) is 0 Å². The van der Waals surface area contributed by atoms with Crippen LogP contribution in [0.15, 0.2) is 0 Å². The van der Waals surface area contributed by atoms with E-state index in [-0.39, 0.29) is 6.10 Å². The number of alkyl carbamates (subject to hydrolysis) is 1. The fraction of sp³-hybridized carbons (Fsp3) is 0.875. The van der Waals surface area contributed by atoms with Gasteiger partial charge in [-0.2, -0.15) is 0 Å². The third-order valence-electron chi connectivity index (χ3n) is 4.48. The lowest BCUT2D eigenvalue weighted by Gasteiger charge is -2.36. The Labute approximate surface area is 134 Å². The first-order valence-electron chi connectivity index (χ1n) is 8.15. The minimum absolute atomic E-state index is 0.00764. The highest BCUT2D eigenvalue weighted by atomic mass is 32.1. The van der Waals surface area contributed by atoms with Crippen LogP contribution >= 0.6 is 12.2 Å². The summed E-state index contributed by atoms with van der Waals surface area (Å²) in [6.07, 6.45) is 2.92. The van der Waals surface area contributed by atoms with Gasteiger partial charge in [-0.15, -0.1) is 0 Å². The van der Waals surface area contributed by atoms with Gasteiger partial charge >= 0.3 is 6.09 Å². The Bertz CT molecular complexity index is 356. The standard InChI is InChI=1S/C16H30N2O2S/c1-6-18(7-2)15(21)17-16(19)20-14-10-12(5)8-9-13(14)11(3)4/h11-14H,6-10H2,1-5H3,(H,17,19,21)/t12-,13-,14-/m1/s1. The largest absolute Gasteiger partial charge is 0.446 e. The fourth-order valence-electron chi connectivity index (χ4n) is 3.09. The molecule has 0 radical (unpaired) electrons. The number of nitrogens with one attached hydrogen (secondary N) is 1. The van der Waals surface area contributed by atoms with Gasteiger partial charge in [0.05, 0.1) is 0 Å². The molecule has 3 atom stereocenters. The van der Waals surface area contributed by atoms with Crippen LogP contribution in [0.25, 0.3) is 0 Å². The molecule has 0 bridgehead atoms. The molecule has 1 fully saturated rings. The smallest absolute Gasteiger partial charge is 0.413 e. The van der Waals surface area contributed by atoms with E-state index in [4.69, 9.17) is 17.0 Å². The molecule has 5 heteroatoms. The second-order valence-electron chi connectivity index (χ2n) is 6.37. The Morgan fingerprint density at radius 1 is 1.33 bits per heavy atom. The number of carbonyl (C=O) groups excluding carboxylic acids is 1. The first kappa shape index (κ1) is 18.2. The van der Waals surface area contributed by atoms with E-state index in [2.05, 4.69) is 26.1 Å². The van der Waals surface area contributed by atoms with Gasteiger partial charge in [-0.05, 0) is 56.7 Å². The molecule has 1 saturated carbocycles. The third-order valence-corrected chi connectivity index (χ3v) is 4.84. The number of carbonyl (C=O) groups is 1. The number of hydrogen-bond acceptors (Lipinski definition) is 3. The zero-order valence-corrected chi connectivity index (χ0v) is 14.8. The number of ether oxygens (including phenoxy) is 1. The number of hydrogen-bond donors (Lipinski definition) is 1. The van der Waals surface area contributed by atoms with Crippen molar-refractivity contribution in [2.45, 2.75) is 60.0 Å². The van der Waals surface area contributed by atoms with Crippen molar-refractivity contribution in [1.82, 2.24) is 10.2 Å². The first-order valence-corrected chi connectivity index (χ1v) is 8.56. The molecule has 0 spiro atoms. The summed E-state index contributed by atoms with van der Waals surface area (Å²) in [4.78, 5) is 14.0. The zero-order chi connectivity index (χ0) is 16.0. The maximum atomic E-state index is 12.1. The monoisotopic (exact) mass is 314 g/mol. The van der Waals surface area contributed by atoms with Crippen LogP contribution in [0.5, 0.6) is 0 Å². The topological polar surface area (TPSA) is 41.6 Å². The minimum atomic E-state index is -0.406. The summed E-state index contributed by atoms with van der Waals surface area (Å²) in [5.41, 5.74) is 0. The van der Waals surface area contributed by atoms with Gasteiger partial charge in [-0.3, -0.25) is 5.32 Å². The molecule has 21 heavy (non-hydrogen) atoms. The average molecular weight is 314 g/mol. The summed E-state index contributed by atoms with van der Waals surface area (Å²) in [5, 5.41) is 3.15. The molecule has 0 aromatic heterocycles. The molecule has 0 unspecified atom stereocenters. The fourth-order valence-corrected chi connectivity index (χ4v) is 3.44. The Morgan fingerprint density at radius 3 is 2.48 bits per heavy atom. The molecule has 1 N–H and O–H groups in total. The molecule has 1 amide bonds. The molecule has 1 aliphatic rings. The van der Waals surface area contributed by atoms with Crippen LogP contribution in [0.2, 0.25) is 0 Å². The summed E-state index contributed by atoms with van der Waals surface area (Å²) >= 11 is 5.24. The lowest BCUT2D eigenvalue weighted by Crippen LogP contribution is -2.45. The van der Waals surface area contributed by atoms with Gasteiger partial charge in [-0.25, -0.2) is 4.79 Å². The van der Waals surface area contributed by atoms with Crippen molar-refractivity contribution in [2.75, 3.05) is 13.1 Å². The Hall–Kier alpha value is -0.840. The zero-order valence-electron chi connectivity index (χ0n) is 14.0. The Kier molecular flexibility index (Phi) is 7.43. The molecular weight excluding hydrogens is 284 g/mol. The van der Waals surface area contributed by atoms with Crippen LogP contribution in [0.3, 0.4) is 0 Å². The summed E-state index contributed by atoms with van der Waals surface area (Å²) < 4.78 is 5.68. The number of amides is 1. The van der Waals surface area contributed by atoms with Gasteiger partial charge in [0.25, 0.3) is 0 Å². The maximum Gasteiger partial charge on any atom is 0.413 e. The molecular formula is C16H30N2O2S. The van der Waals surface area contributed by atoms with E-state index < -0.39 is 6.09 Å². The van der Waals surface area contributed by atoms with E-state index in [1.165, 1.54) is 6.42 Å². The van der Waals surface area contributed by atoms with Crippen molar-refractivity contribution in [3.05, 3.63) is 0 Å². The molecule has 0 heterocycles. The molecule has 4 nitrogen and oxygen atoms in total. The van der Waals surface area contributed by atoms with Crippen LogP contribution in [0, 0.1) is 17.8 Å². The summed E-state index contributed by atoms with van der Waals surface area (Å²) in [7, 11) is 0. The highest BCUT2D eigenvalue weighted by Crippen LogP contribution is 2.35. The van der Waals surface area contributed by atoms with Crippen molar-refractivity contribution in [3.8, 4) is 0 Å². The SMILES string of the molecule is CCN(CC)C(=S)NC(=O)O[C@@H]1C[C@H](C)CC[C@@H]1C(C)C. The van der Waals surface area contributed by atoms with E-state index in [1.807, 2.05) is 18.7 Å². The van der Waals surface area contributed by atoms with Crippen LogP contribution < -0.4 is 5.32 Å². The number of thiocarbonyl (C=S) groups is 1. The first-order chi connectivity index (χ1) is 9.88. The van der Waals surface area contributed by atoms with Crippen molar-refractivity contribution < 1.29 is 9.53 Å². The average Bonchev–Trinajstić information content (AvgIpc) is 2.39. The molecule has 0 saturated heterocycles. The van der Waals surface area contributed by atoms with Crippen LogP contribution in [0.4, 0.5) is 4.79 Å². The quantitative estimate of drug-likeness (QED) is 0.801. The maximum absolute atomic E-state index is 12.1. The molecule has 122 valence electrons. The molecule has 0 aromatic carbocycles. The number of nitrogens with zero attached hydrogens (tertiary/aromatic N) is 1. The Balaban J connectivity index is 2.56. The van der Waals surface area contributed by atoms with E-state index in [9.17, 15) is 4.79 Å². The third kappa shape index (κ3) is 5.46. The highest BCUT2D eigenvalue weighted by Gasteiger charge is 2.33. The second kappa shape index (κ2) is 8.57. The van der Waals surface area contributed by atoms with E-state index >= 15 is 0 Å². The van der Waals surface area contributed by atoms with E-state index in [0.29, 0.717) is 22.9 Å². The van der Waals surface area contributed by atoms with Gasteiger partial charge in [0.1, 0.15) is 6.10 Å². The van der Waals surface area contributed by atoms with Gasteiger partial charge in [0, 0.05) is 13.1 Å². The summed E-state index contributed by atoms with van der Waals surface area (Å²) in [6, 6.07) is 0. The van der Waals surface area contributed by atoms with Gasteiger partial charge in [0.15, 0.2) is 5.11 Å². The van der Waals surface area contributed by atoms with Crippen LogP contribution in [-0.2, 0) is 4.74 Å². The van der Waals surface area contributed by atoms with Crippen molar-refractivity contribution in [1.29, 1.82) is 0 Å². The van der Waals surface area contributed by atoms with Gasteiger partial charge in [-0.1, -0.05) is 27.2 Å². The predicted molar refractivity (Wildman–Crippen MR) is 90.3 cm³/mol. The summed E-state index contributed by atoms with van der Waals surface area (Å²) in [6.45, 7) is 12.2. The Morgan fingerprint density at radius 2 is 1.95 bits per heavy atom. The molecule has 0 aliphatic heterocycles. The molecule has 1 rings (SSSR count). The predicted octanol–water partition coefficient (Wildman–Crippen LogP) is 3.80. The summed E-state index contributed by atoms with van der Waals surface area (Å²) in [5.74, 6) is 1.60. The van der Waals surface area contributed by atoms with E-state index in [0.717, 1.165) is 25.9 Å². The minimum Gasteiger partial charge on any atom is -0.446 e. The second-order valence-corrected chi connectivity index (χ2v) is 6.76. The van der Waals surface area contributed by atoms with Gasteiger partial charge in [0.2, 0.25) is 0 Å². The van der Waals surface area contributed by atoms with Crippen LogP contribution in [0.1, 0.15) is 53.9 Å². The molecule has 0 aromatic rings. The van der Waals surface area contributed by atoms with Crippen LogP contribution in [-0.4, -0.2) is 35.3 Å². The van der Waals surface area contributed by atoms with Crippen molar-refractivity contribution in [2.24, 2.45) is 17.8 Å². The lowest BCUT2D eigenvalue weighted by molar-refractivity contribution is 0.00805. The lowest BCUT2D eigenvalue weighted by atomic mass is 9.75.